The quantitative estimate of drug-likeness (QED) is 0.551. The van der Waals surface area contributed by atoms with Crippen molar-refractivity contribution in [3.05, 3.63) is 33.9 Å². The van der Waals surface area contributed by atoms with Crippen molar-refractivity contribution >= 4 is 17.3 Å². The number of hydrogen-bond acceptors (Lipinski definition) is 5. The lowest BCUT2D eigenvalue weighted by Crippen LogP contribution is -2.43. The Morgan fingerprint density at radius 1 is 1.47 bits per heavy atom. The Morgan fingerprint density at radius 3 is 2.63 bits per heavy atom. The number of anilines is 1. The highest BCUT2D eigenvalue weighted by molar-refractivity contribution is 5.93. The van der Waals surface area contributed by atoms with Gasteiger partial charge in [0.2, 0.25) is 0 Å². The third-order valence-electron chi connectivity index (χ3n) is 3.33. The molecule has 0 radical (unpaired) electrons. The van der Waals surface area contributed by atoms with Gasteiger partial charge in [0.05, 0.1) is 10.5 Å². The van der Waals surface area contributed by atoms with Gasteiger partial charge in [-0.05, 0) is 31.4 Å². The molecule has 0 saturated heterocycles. The van der Waals surface area contributed by atoms with Crippen LogP contribution in [0.3, 0.4) is 0 Å². The minimum atomic E-state index is -1.34. The first-order valence-electron chi connectivity index (χ1n) is 5.89. The van der Waals surface area contributed by atoms with Crippen molar-refractivity contribution in [2.24, 2.45) is 0 Å². The number of carbonyl (C=O) groups is 1. The molecule has 0 heterocycles. The van der Waals surface area contributed by atoms with E-state index in [9.17, 15) is 20.0 Å². The van der Waals surface area contributed by atoms with Crippen LogP contribution in [0.4, 0.5) is 11.4 Å². The Morgan fingerprint density at radius 2 is 2.16 bits per heavy atom. The molecule has 0 aliphatic heterocycles. The molecule has 0 spiro atoms. The Balaban J connectivity index is 2.16. The highest BCUT2D eigenvalue weighted by Gasteiger charge is 2.34. The Labute approximate surface area is 109 Å². The van der Waals surface area contributed by atoms with Crippen molar-refractivity contribution in [3.8, 4) is 0 Å². The second kappa shape index (κ2) is 4.85. The number of nitro groups is 1. The fourth-order valence-corrected chi connectivity index (χ4v) is 2.00. The molecule has 0 unspecified atom stereocenters. The Bertz CT molecular complexity index is 525. The molecule has 1 saturated carbocycles. The molecule has 7 heteroatoms. The fourth-order valence-electron chi connectivity index (χ4n) is 2.00. The van der Waals surface area contributed by atoms with E-state index in [4.69, 9.17) is 5.11 Å². The highest BCUT2D eigenvalue weighted by Crippen LogP contribution is 2.32. The zero-order valence-corrected chi connectivity index (χ0v) is 10.1. The Kier molecular flexibility index (Phi) is 3.39. The van der Waals surface area contributed by atoms with Crippen LogP contribution in [0, 0.1) is 10.1 Å². The van der Waals surface area contributed by atoms with E-state index in [1.807, 2.05) is 0 Å². The Hall–Kier alpha value is -2.15. The van der Waals surface area contributed by atoms with Crippen molar-refractivity contribution in [2.45, 2.75) is 24.9 Å². The van der Waals surface area contributed by atoms with Gasteiger partial charge in [-0.15, -0.1) is 0 Å². The van der Waals surface area contributed by atoms with Crippen LogP contribution in [-0.4, -0.2) is 33.3 Å². The van der Waals surface area contributed by atoms with E-state index < -0.39 is 22.2 Å². The molecule has 1 aromatic carbocycles. The van der Waals surface area contributed by atoms with E-state index in [2.05, 4.69) is 5.32 Å². The van der Waals surface area contributed by atoms with Gasteiger partial charge in [-0.1, -0.05) is 0 Å². The molecule has 0 amide bonds. The molecular weight excluding hydrogens is 252 g/mol. The van der Waals surface area contributed by atoms with Crippen LogP contribution in [0.1, 0.15) is 29.6 Å². The van der Waals surface area contributed by atoms with Gasteiger partial charge < -0.3 is 15.5 Å². The lowest BCUT2D eigenvalue weighted by molar-refractivity contribution is -0.385. The predicted molar refractivity (Wildman–Crippen MR) is 67.3 cm³/mol. The topological polar surface area (TPSA) is 113 Å². The van der Waals surface area contributed by atoms with Gasteiger partial charge in [-0.2, -0.15) is 0 Å². The number of nitrogens with one attached hydrogen (secondary N) is 1. The first kappa shape index (κ1) is 13.3. The number of nitro benzene ring substituents is 1. The van der Waals surface area contributed by atoms with E-state index in [0.717, 1.165) is 6.42 Å². The molecule has 0 atom stereocenters. The van der Waals surface area contributed by atoms with Crippen molar-refractivity contribution in [1.29, 1.82) is 0 Å². The molecule has 2 rings (SSSR count). The van der Waals surface area contributed by atoms with Gasteiger partial charge in [0.1, 0.15) is 5.56 Å². The van der Waals surface area contributed by atoms with E-state index in [1.165, 1.54) is 18.2 Å². The molecule has 0 bridgehead atoms. The SMILES string of the molecule is O=C(O)c1ccc(NCC2(O)CCC2)cc1[N+](=O)[O-]. The zero-order valence-electron chi connectivity index (χ0n) is 10.1. The summed E-state index contributed by atoms with van der Waals surface area (Å²) >= 11 is 0. The summed E-state index contributed by atoms with van der Waals surface area (Å²) in [4.78, 5) is 20.9. The molecule has 1 aliphatic carbocycles. The van der Waals surface area contributed by atoms with Crippen LogP contribution in [0.15, 0.2) is 18.2 Å². The van der Waals surface area contributed by atoms with Crippen molar-refractivity contribution < 1.29 is 19.9 Å². The summed E-state index contributed by atoms with van der Waals surface area (Å²) in [5.41, 5.74) is -1.13. The zero-order chi connectivity index (χ0) is 14.0. The normalized spacial score (nSPS) is 16.5. The lowest BCUT2D eigenvalue weighted by Gasteiger charge is -2.36. The van der Waals surface area contributed by atoms with Crippen LogP contribution in [0.25, 0.3) is 0 Å². The molecule has 102 valence electrons. The van der Waals surface area contributed by atoms with E-state index in [1.54, 1.807) is 0 Å². The van der Waals surface area contributed by atoms with Crippen molar-refractivity contribution in [3.63, 3.8) is 0 Å². The number of benzene rings is 1. The molecule has 1 aliphatic rings. The monoisotopic (exact) mass is 266 g/mol. The third kappa shape index (κ3) is 2.82. The van der Waals surface area contributed by atoms with Gasteiger partial charge >= 0.3 is 5.97 Å². The first-order valence-corrected chi connectivity index (χ1v) is 5.89. The summed E-state index contributed by atoms with van der Waals surface area (Å²) in [6.45, 7) is 0.302. The number of aromatic carboxylic acids is 1. The maximum atomic E-state index is 10.8. The highest BCUT2D eigenvalue weighted by atomic mass is 16.6. The number of hydrogen-bond donors (Lipinski definition) is 3. The number of rotatable bonds is 5. The average molecular weight is 266 g/mol. The molecule has 1 fully saturated rings. The molecule has 0 aromatic heterocycles. The second-order valence-electron chi connectivity index (χ2n) is 4.73. The van der Waals surface area contributed by atoms with Gasteiger partial charge in [0.25, 0.3) is 5.69 Å². The summed E-state index contributed by atoms with van der Waals surface area (Å²) in [6.07, 6.45) is 2.38. The minimum Gasteiger partial charge on any atom is -0.477 e. The molecular formula is C12H14N2O5. The predicted octanol–water partition coefficient (Wildman–Crippen LogP) is 1.62. The van der Waals surface area contributed by atoms with Gasteiger partial charge in [0, 0.05) is 18.3 Å². The summed E-state index contributed by atoms with van der Waals surface area (Å²) < 4.78 is 0. The fraction of sp³-hybridized carbons (Fsp3) is 0.417. The second-order valence-corrected chi connectivity index (χ2v) is 4.73. The lowest BCUT2D eigenvalue weighted by atomic mass is 9.80. The number of carboxylic acids is 1. The van der Waals surface area contributed by atoms with Gasteiger partial charge in [-0.3, -0.25) is 10.1 Å². The summed E-state index contributed by atoms with van der Waals surface area (Å²) in [7, 11) is 0. The van der Waals surface area contributed by atoms with Crippen LogP contribution in [0.5, 0.6) is 0 Å². The van der Waals surface area contributed by atoms with E-state index in [0.29, 0.717) is 25.1 Å². The summed E-state index contributed by atoms with van der Waals surface area (Å²) in [6, 6.07) is 3.82. The smallest absolute Gasteiger partial charge is 0.342 e. The number of aliphatic hydroxyl groups is 1. The van der Waals surface area contributed by atoms with E-state index >= 15 is 0 Å². The van der Waals surface area contributed by atoms with Crippen LogP contribution in [-0.2, 0) is 0 Å². The average Bonchev–Trinajstić information content (AvgIpc) is 2.33. The number of nitrogens with zero attached hydrogens (tertiary/aromatic N) is 1. The summed E-state index contributed by atoms with van der Waals surface area (Å²) in [5.74, 6) is -1.34. The van der Waals surface area contributed by atoms with Gasteiger partial charge in [0.15, 0.2) is 0 Å². The molecule has 3 N–H and O–H groups in total. The van der Waals surface area contributed by atoms with Crippen molar-refractivity contribution in [1.82, 2.24) is 0 Å². The van der Waals surface area contributed by atoms with Crippen LogP contribution < -0.4 is 5.32 Å². The largest absolute Gasteiger partial charge is 0.477 e. The molecule has 7 nitrogen and oxygen atoms in total. The third-order valence-corrected chi connectivity index (χ3v) is 3.33. The summed E-state index contributed by atoms with van der Waals surface area (Å²) in [5, 5.41) is 32.5. The number of carboxylic acid groups (broad SMARTS) is 1. The van der Waals surface area contributed by atoms with Crippen molar-refractivity contribution in [2.75, 3.05) is 11.9 Å². The van der Waals surface area contributed by atoms with Crippen LogP contribution >= 0.6 is 0 Å². The molecule has 1 aromatic rings. The van der Waals surface area contributed by atoms with E-state index in [-0.39, 0.29) is 5.56 Å². The minimum absolute atomic E-state index is 0.302. The standard InChI is InChI=1S/C12H14N2O5/c15-11(16)9-3-2-8(6-10(9)14(18)19)13-7-12(17)4-1-5-12/h2-3,6,13,17H,1,4-5,7H2,(H,15,16). The van der Waals surface area contributed by atoms with Crippen LogP contribution in [0.2, 0.25) is 0 Å². The molecule has 19 heavy (non-hydrogen) atoms. The van der Waals surface area contributed by atoms with Gasteiger partial charge in [-0.25, -0.2) is 4.79 Å². The maximum Gasteiger partial charge on any atom is 0.342 e. The first-order chi connectivity index (χ1) is 8.91. The maximum absolute atomic E-state index is 10.8.